The summed E-state index contributed by atoms with van der Waals surface area (Å²) in [6.07, 6.45) is 0. The molecule has 82 valence electrons. The average molecular weight is 238 g/mol. The number of hydrogen-bond donors (Lipinski definition) is 1. The molecule has 0 saturated carbocycles. The number of halogens is 1. The monoisotopic (exact) mass is 237 g/mol. The lowest BCUT2D eigenvalue weighted by atomic mass is 10.3. The van der Waals surface area contributed by atoms with Gasteiger partial charge in [0.05, 0.1) is 5.69 Å². The second-order valence-electron chi connectivity index (χ2n) is 3.13. The van der Waals surface area contributed by atoms with Crippen LogP contribution in [0.1, 0.15) is 16.2 Å². The largest absolute Gasteiger partial charge is 0.338 e. The number of pyridine rings is 1. The number of nitrogens with one attached hydrogen (secondary N) is 1. The first-order valence-corrected chi connectivity index (χ1v) is 4.90. The number of hydrogen-bond acceptors (Lipinski definition) is 4. The van der Waals surface area contributed by atoms with Gasteiger partial charge in [-0.05, 0) is 19.1 Å². The molecular weight excluding hydrogens is 230 g/mol. The maximum atomic E-state index is 11.7. The molecule has 5 nitrogen and oxygen atoms in total. The van der Waals surface area contributed by atoms with Gasteiger partial charge in [-0.1, -0.05) is 22.8 Å². The molecule has 0 aliphatic heterocycles. The predicted octanol–water partition coefficient (Wildman–Crippen LogP) is 2.28. The highest BCUT2D eigenvalue weighted by Crippen LogP contribution is 2.11. The Morgan fingerprint density at radius 3 is 2.94 bits per heavy atom. The molecule has 16 heavy (non-hydrogen) atoms. The molecule has 2 heterocycles. The van der Waals surface area contributed by atoms with Crippen LogP contribution in [0.2, 0.25) is 5.15 Å². The third-order valence-corrected chi connectivity index (χ3v) is 2.02. The van der Waals surface area contributed by atoms with Crippen molar-refractivity contribution in [3.05, 3.63) is 40.8 Å². The quantitative estimate of drug-likeness (QED) is 0.814. The first-order chi connectivity index (χ1) is 7.65. The van der Waals surface area contributed by atoms with Crippen LogP contribution in [-0.4, -0.2) is 16.0 Å². The molecule has 2 aromatic heterocycles. The van der Waals surface area contributed by atoms with Crippen LogP contribution in [0.3, 0.4) is 0 Å². The molecule has 0 bridgehead atoms. The highest BCUT2D eigenvalue weighted by atomic mass is 35.5. The molecule has 0 aliphatic rings. The van der Waals surface area contributed by atoms with Crippen molar-refractivity contribution < 1.29 is 9.32 Å². The highest BCUT2D eigenvalue weighted by Gasteiger charge is 2.10. The molecule has 0 spiro atoms. The van der Waals surface area contributed by atoms with Crippen LogP contribution in [0.4, 0.5) is 5.88 Å². The Hall–Kier alpha value is -1.88. The van der Waals surface area contributed by atoms with E-state index < -0.39 is 5.91 Å². The minimum atomic E-state index is -0.390. The summed E-state index contributed by atoms with van der Waals surface area (Å²) in [7, 11) is 0. The number of anilines is 1. The van der Waals surface area contributed by atoms with Gasteiger partial charge in [0.15, 0.2) is 0 Å². The molecule has 0 aromatic carbocycles. The van der Waals surface area contributed by atoms with Gasteiger partial charge in [-0.3, -0.25) is 10.1 Å². The predicted molar refractivity (Wildman–Crippen MR) is 58.4 cm³/mol. The second-order valence-corrected chi connectivity index (χ2v) is 3.52. The van der Waals surface area contributed by atoms with E-state index in [0.717, 1.165) is 0 Å². The van der Waals surface area contributed by atoms with Crippen molar-refractivity contribution in [2.24, 2.45) is 0 Å². The van der Waals surface area contributed by atoms with Crippen molar-refractivity contribution in [3.63, 3.8) is 0 Å². The lowest BCUT2D eigenvalue weighted by Gasteiger charge is -1.99. The molecular formula is C10H8ClN3O2. The van der Waals surface area contributed by atoms with Gasteiger partial charge in [0.25, 0.3) is 5.91 Å². The summed E-state index contributed by atoms with van der Waals surface area (Å²) < 4.78 is 4.84. The van der Waals surface area contributed by atoms with E-state index in [9.17, 15) is 4.79 Å². The van der Waals surface area contributed by atoms with Crippen molar-refractivity contribution in [2.75, 3.05) is 5.32 Å². The standard InChI is InChI=1S/C10H8ClN3O2/c1-6-5-9(16-14-6)13-10(15)7-3-2-4-8(11)12-7/h2-5H,1H3,(H,13,15). The van der Waals surface area contributed by atoms with Crippen LogP contribution < -0.4 is 5.32 Å². The number of amides is 1. The van der Waals surface area contributed by atoms with Gasteiger partial charge in [0, 0.05) is 6.07 Å². The Labute approximate surface area is 96.4 Å². The topological polar surface area (TPSA) is 68.0 Å². The highest BCUT2D eigenvalue weighted by molar-refractivity contribution is 6.29. The van der Waals surface area contributed by atoms with E-state index in [-0.39, 0.29) is 16.7 Å². The lowest BCUT2D eigenvalue weighted by Crippen LogP contribution is -2.13. The Morgan fingerprint density at radius 1 is 1.50 bits per heavy atom. The van der Waals surface area contributed by atoms with Gasteiger partial charge in [-0.15, -0.1) is 0 Å². The van der Waals surface area contributed by atoms with E-state index in [1.54, 1.807) is 31.2 Å². The van der Waals surface area contributed by atoms with Crippen LogP contribution in [0, 0.1) is 6.92 Å². The van der Waals surface area contributed by atoms with Gasteiger partial charge < -0.3 is 4.52 Å². The first kappa shape index (κ1) is 10.6. The molecule has 1 amide bonds. The van der Waals surface area contributed by atoms with E-state index in [1.807, 2.05) is 0 Å². The summed E-state index contributed by atoms with van der Waals surface area (Å²) in [5, 5.41) is 6.43. The Bertz CT molecular complexity index is 524. The van der Waals surface area contributed by atoms with E-state index in [4.69, 9.17) is 16.1 Å². The van der Waals surface area contributed by atoms with E-state index >= 15 is 0 Å². The second kappa shape index (κ2) is 4.32. The SMILES string of the molecule is Cc1cc(NC(=O)c2cccc(Cl)n2)on1. The number of aryl methyl sites for hydroxylation is 1. The fraction of sp³-hybridized carbons (Fsp3) is 0.100. The summed E-state index contributed by atoms with van der Waals surface area (Å²) in [4.78, 5) is 15.5. The van der Waals surface area contributed by atoms with Crippen molar-refractivity contribution in [3.8, 4) is 0 Å². The maximum absolute atomic E-state index is 11.7. The Balaban J connectivity index is 2.14. The molecule has 0 atom stereocenters. The molecule has 0 saturated heterocycles. The van der Waals surface area contributed by atoms with E-state index in [2.05, 4.69) is 15.5 Å². The fourth-order valence-electron chi connectivity index (χ4n) is 1.13. The third kappa shape index (κ3) is 2.38. The lowest BCUT2D eigenvalue weighted by molar-refractivity contribution is 0.101. The molecule has 0 fully saturated rings. The van der Waals surface area contributed by atoms with E-state index in [0.29, 0.717) is 5.69 Å². The third-order valence-electron chi connectivity index (χ3n) is 1.81. The molecule has 0 radical (unpaired) electrons. The summed E-state index contributed by atoms with van der Waals surface area (Å²) in [5.41, 5.74) is 0.913. The number of carbonyl (C=O) groups excluding carboxylic acids is 1. The van der Waals surface area contributed by atoms with Crippen molar-refractivity contribution in [1.29, 1.82) is 0 Å². The Morgan fingerprint density at radius 2 is 2.31 bits per heavy atom. The minimum Gasteiger partial charge on any atom is -0.338 e. The molecule has 2 aromatic rings. The van der Waals surface area contributed by atoms with E-state index in [1.165, 1.54) is 0 Å². The number of aromatic nitrogens is 2. The smallest absolute Gasteiger partial charge is 0.276 e. The van der Waals surface area contributed by atoms with Gasteiger partial charge in [-0.2, -0.15) is 0 Å². The van der Waals surface area contributed by atoms with Crippen molar-refractivity contribution in [2.45, 2.75) is 6.92 Å². The summed E-state index contributed by atoms with van der Waals surface area (Å²) in [6, 6.07) is 6.42. The zero-order chi connectivity index (χ0) is 11.5. The number of nitrogens with zero attached hydrogens (tertiary/aromatic N) is 2. The molecule has 1 N–H and O–H groups in total. The van der Waals surface area contributed by atoms with Gasteiger partial charge in [0.2, 0.25) is 5.88 Å². The number of carbonyl (C=O) groups is 1. The molecule has 2 rings (SSSR count). The zero-order valence-corrected chi connectivity index (χ0v) is 9.15. The van der Waals surface area contributed by atoms with Crippen LogP contribution in [-0.2, 0) is 0 Å². The molecule has 0 unspecified atom stereocenters. The molecule has 0 aliphatic carbocycles. The zero-order valence-electron chi connectivity index (χ0n) is 8.40. The van der Waals surface area contributed by atoms with Crippen LogP contribution in [0.25, 0.3) is 0 Å². The van der Waals surface area contributed by atoms with Gasteiger partial charge in [-0.25, -0.2) is 4.98 Å². The molecule has 6 heteroatoms. The minimum absolute atomic E-state index is 0.224. The van der Waals surface area contributed by atoms with Crippen LogP contribution >= 0.6 is 11.6 Å². The van der Waals surface area contributed by atoms with Crippen LogP contribution in [0.15, 0.2) is 28.8 Å². The van der Waals surface area contributed by atoms with Crippen molar-refractivity contribution >= 4 is 23.4 Å². The van der Waals surface area contributed by atoms with Gasteiger partial charge >= 0.3 is 0 Å². The average Bonchev–Trinajstić information content (AvgIpc) is 2.64. The summed E-state index contributed by atoms with van der Waals surface area (Å²) in [6.45, 7) is 1.76. The first-order valence-electron chi connectivity index (χ1n) is 4.52. The normalized spacial score (nSPS) is 10.1. The summed E-state index contributed by atoms with van der Waals surface area (Å²) in [5.74, 6) is -0.108. The maximum Gasteiger partial charge on any atom is 0.276 e. The van der Waals surface area contributed by atoms with Crippen LogP contribution in [0.5, 0.6) is 0 Å². The summed E-state index contributed by atoms with van der Waals surface area (Å²) >= 11 is 5.67. The van der Waals surface area contributed by atoms with Gasteiger partial charge in [0.1, 0.15) is 10.8 Å². The van der Waals surface area contributed by atoms with Crippen molar-refractivity contribution in [1.82, 2.24) is 10.1 Å². The Kier molecular flexibility index (Phi) is 2.87. The fourth-order valence-corrected chi connectivity index (χ4v) is 1.30. The number of rotatable bonds is 2.